The zero-order valence-electron chi connectivity index (χ0n) is 15.4. The lowest BCUT2D eigenvalue weighted by Crippen LogP contribution is -2.16. The Labute approximate surface area is 162 Å². The summed E-state index contributed by atoms with van der Waals surface area (Å²) in [5.41, 5.74) is 0.506. The van der Waals surface area contributed by atoms with Crippen molar-refractivity contribution in [2.75, 3.05) is 30.0 Å². The van der Waals surface area contributed by atoms with Crippen LogP contribution in [0.5, 0.6) is 17.2 Å². The molecule has 10 heteroatoms. The second kappa shape index (κ2) is 8.26. The number of fused-ring (bicyclic) bond motifs is 1. The number of sulfonamides is 1. The number of nitrogens with one attached hydrogen (secondary N) is 2. The molecule has 0 bridgehead atoms. The van der Waals surface area contributed by atoms with Gasteiger partial charge in [0.15, 0.2) is 11.5 Å². The number of rotatable bonds is 7. The van der Waals surface area contributed by atoms with Crippen LogP contribution in [0.15, 0.2) is 41.3 Å². The maximum Gasteiger partial charge on any atom is 0.411 e. The standard InChI is InChI=1S/C18H20N2O7S/c1-3-24-15-8-6-13(10-14(15)19-18(21)25-4-2)28(22,23)20-12-5-7-16-17(9-12)27-11-26-16/h5-10,20H,3-4,11H2,1-2H3,(H,19,21). The molecule has 0 saturated carbocycles. The van der Waals surface area contributed by atoms with Gasteiger partial charge in [0, 0.05) is 6.07 Å². The first-order chi connectivity index (χ1) is 13.4. The first kappa shape index (κ1) is 19.6. The molecule has 2 aromatic carbocycles. The van der Waals surface area contributed by atoms with E-state index in [-0.39, 0.29) is 24.0 Å². The fourth-order valence-corrected chi connectivity index (χ4v) is 3.58. The van der Waals surface area contributed by atoms with Crippen LogP contribution in [0.1, 0.15) is 13.8 Å². The van der Waals surface area contributed by atoms with Crippen LogP contribution in [0.25, 0.3) is 0 Å². The molecule has 0 unspecified atom stereocenters. The number of carbonyl (C=O) groups excluding carboxylic acids is 1. The SMILES string of the molecule is CCOC(=O)Nc1cc(S(=O)(=O)Nc2ccc3c(c2)OCO3)ccc1OCC. The van der Waals surface area contributed by atoms with Gasteiger partial charge in [-0.05, 0) is 44.2 Å². The van der Waals surface area contributed by atoms with Crippen LogP contribution >= 0.6 is 0 Å². The van der Waals surface area contributed by atoms with Crippen LogP contribution in [-0.2, 0) is 14.8 Å². The highest BCUT2D eigenvalue weighted by molar-refractivity contribution is 7.92. The average Bonchev–Trinajstić information content (AvgIpc) is 3.11. The zero-order valence-corrected chi connectivity index (χ0v) is 16.2. The number of ether oxygens (including phenoxy) is 4. The Morgan fingerprint density at radius 3 is 2.61 bits per heavy atom. The van der Waals surface area contributed by atoms with Gasteiger partial charge >= 0.3 is 6.09 Å². The Hall–Kier alpha value is -3.14. The smallest absolute Gasteiger partial charge is 0.411 e. The van der Waals surface area contributed by atoms with Crippen molar-refractivity contribution < 1.29 is 32.2 Å². The lowest BCUT2D eigenvalue weighted by Gasteiger charge is -2.14. The van der Waals surface area contributed by atoms with E-state index in [0.29, 0.717) is 29.5 Å². The summed E-state index contributed by atoms with van der Waals surface area (Å²) in [6, 6.07) is 8.88. The van der Waals surface area contributed by atoms with E-state index in [4.69, 9.17) is 18.9 Å². The zero-order chi connectivity index (χ0) is 20.1. The van der Waals surface area contributed by atoms with Gasteiger partial charge in [-0.15, -0.1) is 0 Å². The summed E-state index contributed by atoms with van der Waals surface area (Å²) in [6.45, 7) is 4.06. The third-order valence-electron chi connectivity index (χ3n) is 3.70. The molecule has 3 rings (SSSR count). The van der Waals surface area contributed by atoms with Crippen molar-refractivity contribution in [3.8, 4) is 17.2 Å². The van der Waals surface area contributed by atoms with Crippen molar-refractivity contribution >= 4 is 27.5 Å². The van der Waals surface area contributed by atoms with Gasteiger partial charge in [0.25, 0.3) is 10.0 Å². The lowest BCUT2D eigenvalue weighted by molar-refractivity contribution is 0.167. The molecule has 0 aromatic heterocycles. The largest absolute Gasteiger partial charge is 0.492 e. The first-order valence-corrected chi connectivity index (χ1v) is 10.0. The first-order valence-electron chi connectivity index (χ1n) is 8.56. The number of carbonyl (C=O) groups is 1. The van der Waals surface area contributed by atoms with Crippen molar-refractivity contribution in [1.29, 1.82) is 0 Å². The number of hydrogen-bond acceptors (Lipinski definition) is 7. The van der Waals surface area contributed by atoms with E-state index >= 15 is 0 Å². The third-order valence-corrected chi connectivity index (χ3v) is 5.08. The maximum atomic E-state index is 12.8. The van der Waals surface area contributed by atoms with E-state index < -0.39 is 16.1 Å². The Morgan fingerprint density at radius 1 is 1.07 bits per heavy atom. The number of benzene rings is 2. The molecule has 2 N–H and O–H groups in total. The molecule has 1 aliphatic rings. The summed E-state index contributed by atoms with van der Waals surface area (Å²) >= 11 is 0. The molecule has 9 nitrogen and oxygen atoms in total. The summed E-state index contributed by atoms with van der Waals surface area (Å²) < 4.78 is 48.8. The molecule has 0 saturated heterocycles. The molecular weight excluding hydrogens is 388 g/mol. The number of amides is 1. The van der Waals surface area contributed by atoms with Gasteiger partial charge in [0.05, 0.1) is 29.5 Å². The Morgan fingerprint density at radius 2 is 1.86 bits per heavy atom. The third kappa shape index (κ3) is 4.39. The van der Waals surface area contributed by atoms with Gasteiger partial charge in [-0.1, -0.05) is 0 Å². The van der Waals surface area contributed by atoms with Crippen LogP contribution < -0.4 is 24.2 Å². The van der Waals surface area contributed by atoms with Crippen molar-refractivity contribution in [3.05, 3.63) is 36.4 Å². The number of anilines is 2. The van der Waals surface area contributed by atoms with Gasteiger partial charge in [-0.2, -0.15) is 0 Å². The summed E-state index contributed by atoms with van der Waals surface area (Å²) in [5, 5.41) is 2.49. The van der Waals surface area contributed by atoms with Gasteiger partial charge < -0.3 is 18.9 Å². The minimum absolute atomic E-state index is 0.0552. The fourth-order valence-electron chi connectivity index (χ4n) is 2.51. The molecule has 0 spiro atoms. The van der Waals surface area contributed by atoms with Gasteiger partial charge in [0.1, 0.15) is 5.75 Å². The lowest BCUT2D eigenvalue weighted by atomic mass is 10.3. The molecule has 150 valence electrons. The minimum Gasteiger partial charge on any atom is -0.492 e. The van der Waals surface area contributed by atoms with E-state index in [1.165, 1.54) is 24.3 Å². The Balaban J connectivity index is 1.87. The van der Waals surface area contributed by atoms with Crippen molar-refractivity contribution in [2.45, 2.75) is 18.7 Å². The molecule has 0 radical (unpaired) electrons. The molecule has 28 heavy (non-hydrogen) atoms. The van der Waals surface area contributed by atoms with Crippen LogP contribution in [-0.4, -0.2) is 34.5 Å². The second-order valence-electron chi connectivity index (χ2n) is 5.61. The van der Waals surface area contributed by atoms with Gasteiger partial charge in [0.2, 0.25) is 6.79 Å². The van der Waals surface area contributed by atoms with E-state index in [9.17, 15) is 13.2 Å². The summed E-state index contributed by atoms with van der Waals surface area (Å²) in [7, 11) is -3.93. The normalized spacial score (nSPS) is 12.4. The summed E-state index contributed by atoms with van der Waals surface area (Å²) in [5.74, 6) is 1.33. The highest BCUT2D eigenvalue weighted by Gasteiger charge is 2.20. The molecule has 0 fully saturated rings. The fraction of sp³-hybridized carbons (Fsp3) is 0.278. The predicted octanol–water partition coefficient (Wildman–Crippen LogP) is 3.18. The topological polar surface area (TPSA) is 112 Å². The quantitative estimate of drug-likeness (QED) is 0.723. The molecule has 1 heterocycles. The maximum absolute atomic E-state index is 12.8. The summed E-state index contributed by atoms with van der Waals surface area (Å²) in [4.78, 5) is 11.7. The molecule has 2 aromatic rings. The van der Waals surface area contributed by atoms with Gasteiger partial charge in [-0.3, -0.25) is 10.0 Å². The predicted molar refractivity (Wildman–Crippen MR) is 102 cm³/mol. The van der Waals surface area contributed by atoms with Crippen LogP contribution in [0.3, 0.4) is 0 Å². The second-order valence-corrected chi connectivity index (χ2v) is 7.29. The minimum atomic E-state index is -3.93. The van der Waals surface area contributed by atoms with E-state index in [1.807, 2.05) is 0 Å². The van der Waals surface area contributed by atoms with Crippen molar-refractivity contribution in [1.82, 2.24) is 0 Å². The average molecular weight is 408 g/mol. The van der Waals surface area contributed by atoms with Crippen molar-refractivity contribution in [3.63, 3.8) is 0 Å². The Kier molecular flexibility index (Phi) is 5.78. The Bertz CT molecular complexity index is 976. The molecule has 1 aliphatic heterocycles. The highest BCUT2D eigenvalue weighted by atomic mass is 32.2. The van der Waals surface area contributed by atoms with Crippen molar-refractivity contribution in [2.24, 2.45) is 0 Å². The molecule has 0 aliphatic carbocycles. The molecule has 0 atom stereocenters. The van der Waals surface area contributed by atoms with E-state index in [2.05, 4.69) is 10.0 Å². The van der Waals surface area contributed by atoms with Crippen LogP contribution in [0.4, 0.5) is 16.2 Å². The van der Waals surface area contributed by atoms with Crippen LogP contribution in [0.2, 0.25) is 0 Å². The van der Waals surface area contributed by atoms with E-state index in [0.717, 1.165) is 0 Å². The summed E-state index contributed by atoms with van der Waals surface area (Å²) in [6.07, 6.45) is -0.707. The van der Waals surface area contributed by atoms with Crippen LogP contribution in [0, 0.1) is 0 Å². The van der Waals surface area contributed by atoms with Gasteiger partial charge in [-0.25, -0.2) is 13.2 Å². The monoisotopic (exact) mass is 408 g/mol. The molecular formula is C18H20N2O7S. The molecule has 1 amide bonds. The highest BCUT2D eigenvalue weighted by Crippen LogP contribution is 2.35. The van der Waals surface area contributed by atoms with E-state index in [1.54, 1.807) is 26.0 Å². The number of hydrogen-bond donors (Lipinski definition) is 2.